The Hall–Kier alpha value is -1.82. The molecular weight excluding hydrogens is 276 g/mol. The second kappa shape index (κ2) is 8.15. The van der Waals surface area contributed by atoms with Gasteiger partial charge in [0.15, 0.2) is 0 Å². The summed E-state index contributed by atoms with van der Waals surface area (Å²) in [5, 5.41) is 5.57. The Morgan fingerprint density at radius 3 is 2.17 bits per heavy atom. The number of unbranched alkanes of at least 4 members (excludes halogenated alkanes) is 6. The summed E-state index contributed by atoms with van der Waals surface area (Å²) >= 11 is 0. The third-order valence-electron chi connectivity index (χ3n) is 4.93. The lowest BCUT2D eigenvalue weighted by Crippen LogP contribution is -1.89. The van der Waals surface area contributed by atoms with E-state index in [1.54, 1.807) is 0 Å². The highest BCUT2D eigenvalue weighted by Crippen LogP contribution is 2.28. The van der Waals surface area contributed by atoms with Gasteiger partial charge in [0.05, 0.1) is 0 Å². The van der Waals surface area contributed by atoms with Gasteiger partial charge in [-0.2, -0.15) is 0 Å². The zero-order valence-corrected chi connectivity index (χ0v) is 14.4. The first kappa shape index (κ1) is 16.1. The second-order valence-electron chi connectivity index (χ2n) is 6.67. The number of hydrogen-bond acceptors (Lipinski definition) is 0. The quantitative estimate of drug-likeness (QED) is 0.303. The molecule has 0 heteroatoms. The van der Waals surface area contributed by atoms with Crippen LogP contribution in [0.4, 0.5) is 0 Å². The molecule has 23 heavy (non-hydrogen) atoms. The Bertz CT molecular complexity index is 754. The van der Waals surface area contributed by atoms with Crippen LogP contribution < -0.4 is 0 Å². The standard InChI is InChI=1S/C23H28/c1-2-3-4-5-6-7-8-12-19-14-11-16-23-21-15-10-9-13-20(21)17-18-22(19)23/h9-11,13-18H,2-8,12H2,1H3. The van der Waals surface area contributed by atoms with Gasteiger partial charge in [0.25, 0.3) is 0 Å². The molecule has 0 unspecified atom stereocenters. The van der Waals surface area contributed by atoms with E-state index in [-0.39, 0.29) is 0 Å². The molecule has 0 nitrogen and oxygen atoms in total. The van der Waals surface area contributed by atoms with Crippen LogP contribution in [0, 0.1) is 0 Å². The minimum absolute atomic E-state index is 1.21. The largest absolute Gasteiger partial charge is 0.0654 e. The van der Waals surface area contributed by atoms with Crippen molar-refractivity contribution in [1.82, 2.24) is 0 Å². The molecule has 0 bridgehead atoms. The predicted molar refractivity (Wildman–Crippen MR) is 103 cm³/mol. The molecular formula is C23H28. The van der Waals surface area contributed by atoms with Crippen LogP contribution in [0.1, 0.15) is 57.4 Å². The van der Waals surface area contributed by atoms with Crippen molar-refractivity contribution in [2.24, 2.45) is 0 Å². The first-order valence-electron chi connectivity index (χ1n) is 9.29. The van der Waals surface area contributed by atoms with E-state index < -0.39 is 0 Å². The van der Waals surface area contributed by atoms with Gasteiger partial charge >= 0.3 is 0 Å². The summed E-state index contributed by atoms with van der Waals surface area (Å²) in [7, 11) is 0. The fourth-order valence-corrected chi connectivity index (χ4v) is 3.60. The lowest BCUT2D eigenvalue weighted by molar-refractivity contribution is 0.590. The van der Waals surface area contributed by atoms with Gasteiger partial charge in [0.1, 0.15) is 0 Å². The lowest BCUT2D eigenvalue weighted by atomic mass is 9.95. The number of aryl methyl sites for hydroxylation is 1. The van der Waals surface area contributed by atoms with Crippen molar-refractivity contribution >= 4 is 21.5 Å². The van der Waals surface area contributed by atoms with E-state index in [0.717, 1.165) is 0 Å². The van der Waals surface area contributed by atoms with Crippen LogP contribution in [0.5, 0.6) is 0 Å². The summed E-state index contributed by atoms with van der Waals surface area (Å²) in [6, 6.07) is 20.1. The SMILES string of the molecule is CCCCCCCCCc1cccc2c1ccc1ccccc12. The lowest BCUT2D eigenvalue weighted by Gasteiger charge is -2.09. The van der Waals surface area contributed by atoms with Gasteiger partial charge in [0.2, 0.25) is 0 Å². The zero-order valence-electron chi connectivity index (χ0n) is 14.4. The highest BCUT2D eigenvalue weighted by Gasteiger charge is 2.04. The van der Waals surface area contributed by atoms with Crippen molar-refractivity contribution in [3.8, 4) is 0 Å². The molecule has 0 aliphatic rings. The van der Waals surface area contributed by atoms with Crippen LogP contribution in [-0.2, 0) is 6.42 Å². The van der Waals surface area contributed by atoms with E-state index in [2.05, 4.69) is 61.5 Å². The summed E-state index contributed by atoms with van der Waals surface area (Å²) in [5.41, 5.74) is 1.52. The van der Waals surface area contributed by atoms with Gasteiger partial charge in [-0.05, 0) is 39.9 Å². The Kier molecular flexibility index (Phi) is 5.69. The maximum absolute atomic E-state index is 2.31. The van der Waals surface area contributed by atoms with E-state index in [1.165, 1.54) is 78.5 Å². The summed E-state index contributed by atoms with van der Waals surface area (Å²) in [5.74, 6) is 0. The summed E-state index contributed by atoms with van der Waals surface area (Å²) in [6.07, 6.45) is 10.9. The van der Waals surface area contributed by atoms with Crippen molar-refractivity contribution in [1.29, 1.82) is 0 Å². The van der Waals surface area contributed by atoms with E-state index in [4.69, 9.17) is 0 Å². The fraction of sp³-hybridized carbons (Fsp3) is 0.391. The molecule has 0 saturated carbocycles. The van der Waals surface area contributed by atoms with Crippen LogP contribution in [-0.4, -0.2) is 0 Å². The Morgan fingerprint density at radius 2 is 1.30 bits per heavy atom. The monoisotopic (exact) mass is 304 g/mol. The van der Waals surface area contributed by atoms with Gasteiger partial charge in [-0.25, -0.2) is 0 Å². The molecule has 0 heterocycles. The van der Waals surface area contributed by atoms with Gasteiger partial charge in [-0.15, -0.1) is 0 Å². The van der Waals surface area contributed by atoms with E-state index in [0.29, 0.717) is 0 Å². The maximum atomic E-state index is 2.31. The molecule has 0 radical (unpaired) electrons. The summed E-state index contributed by atoms with van der Waals surface area (Å²) in [4.78, 5) is 0. The average Bonchev–Trinajstić information content (AvgIpc) is 2.61. The Labute approximate surface area is 140 Å². The predicted octanol–water partition coefficient (Wildman–Crippen LogP) is 7.29. The third kappa shape index (κ3) is 3.93. The smallest absolute Gasteiger partial charge is 0.0103 e. The number of hydrogen-bond donors (Lipinski definition) is 0. The molecule has 0 amide bonds. The molecule has 0 aromatic heterocycles. The minimum Gasteiger partial charge on any atom is -0.0654 e. The van der Waals surface area contributed by atoms with Gasteiger partial charge in [-0.3, -0.25) is 0 Å². The van der Waals surface area contributed by atoms with Gasteiger partial charge in [-0.1, -0.05) is 100 Å². The van der Waals surface area contributed by atoms with Gasteiger partial charge in [0, 0.05) is 0 Å². The molecule has 3 aromatic carbocycles. The Morgan fingerprint density at radius 1 is 0.565 bits per heavy atom. The van der Waals surface area contributed by atoms with Crippen LogP contribution >= 0.6 is 0 Å². The molecule has 0 aliphatic carbocycles. The first-order chi connectivity index (χ1) is 11.4. The molecule has 0 spiro atoms. The van der Waals surface area contributed by atoms with E-state index in [9.17, 15) is 0 Å². The van der Waals surface area contributed by atoms with Crippen molar-refractivity contribution in [2.75, 3.05) is 0 Å². The number of rotatable bonds is 8. The molecule has 0 atom stereocenters. The van der Waals surface area contributed by atoms with Gasteiger partial charge < -0.3 is 0 Å². The zero-order chi connectivity index (χ0) is 15.9. The topological polar surface area (TPSA) is 0 Å². The fourth-order valence-electron chi connectivity index (χ4n) is 3.60. The molecule has 3 aromatic rings. The van der Waals surface area contributed by atoms with E-state index >= 15 is 0 Å². The summed E-state index contributed by atoms with van der Waals surface area (Å²) < 4.78 is 0. The average molecular weight is 304 g/mol. The van der Waals surface area contributed by atoms with Crippen molar-refractivity contribution in [2.45, 2.75) is 58.3 Å². The summed E-state index contributed by atoms with van der Waals surface area (Å²) in [6.45, 7) is 2.28. The van der Waals surface area contributed by atoms with Crippen LogP contribution in [0.2, 0.25) is 0 Å². The normalized spacial score (nSPS) is 11.3. The van der Waals surface area contributed by atoms with Crippen LogP contribution in [0.25, 0.3) is 21.5 Å². The van der Waals surface area contributed by atoms with Crippen molar-refractivity contribution in [3.63, 3.8) is 0 Å². The third-order valence-corrected chi connectivity index (χ3v) is 4.93. The Balaban J connectivity index is 1.68. The molecule has 0 N–H and O–H groups in total. The number of benzene rings is 3. The number of fused-ring (bicyclic) bond motifs is 3. The minimum atomic E-state index is 1.21. The highest BCUT2D eigenvalue weighted by molar-refractivity contribution is 6.08. The molecule has 0 fully saturated rings. The molecule has 120 valence electrons. The van der Waals surface area contributed by atoms with Crippen molar-refractivity contribution < 1.29 is 0 Å². The molecule has 0 aliphatic heterocycles. The first-order valence-corrected chi connectivity index (χ1v) is 9.29. The van der Waals surface area contributed by atoms with Crippen molar-refractivity contribution in [3.05, 3.63) is 60.2 Å². The highest BCUT2D eigenvalue weighted by atomic mass is 14.1. The molecule has 0 saturated heterocycles. The molecule has 3 rings (SSSR count). The second-order valence-corrected chi connectivity index (χ2v) is 6.67. The maximum Gasteiger partial charge on any atom is -0.0103 e. The van der Waals surface area contributed by atoms with Crippen LogP contribution in [0.15, 0.2) is 54.6 Å². The van der Waals surface area contributed by atoms with E-state index in [1.807, 2.05) is 0 Å². The van der Waals surface area contributed by atoms with Crippen LogP contribution in [0.3, 0.4) is 0 Å².